The van der Waals surface area contributed by atoms with Crippen LogP contribution < -0.4 is 5.32 Å². The molecule has 7 heteroatoms. The van der Waals surface area contributed by atoms with Crippen molar-refractivity contribution >= 4 is 20.5 Å². The number of hydrogen-bond acceptors (Lipinski definition) is 3. The Morgan fingerprint density at radius 2 is 1.87 bits per heavy atom. The molecule has 3 atom stereocenters. The van der Waals surface area contributed by atoms with Crippen LogP contribution in [0.25, 0.3) is 11.3 Å². The highest BCUT2D eigenvalue weighted by molar-refractivity contribution is 7.18. The third-order valence-corrected chi connectivity index (χ3v) is 7.78. The van der Waals surface area contributed by atoms with Crippen molar-refractivity contribution in [2.45, 2.75) is 69.4 Å². The summed E-state index contributed by atoms with van der Waals surface area (Å²) in [6, 6.07) is 12.3. The van der Waals surface area contributed by atoms with E-state index in [0.29, 0.717) is 11.3 Å². The number of benzene rings is 2. The summed E-state index contributed by atoms with van der Waals surface area (Å²) in [6.07, 6.45) is 2.90. The molecule has 1 aliphatic rings. The minimum absolute atomic E-state index is 0.0525. The van der Waals surface area contributed by atoms with Gasteiger partial charge in [-0.3, -0.25) is 0 Å². The zero-order chi connectivity index (χ0) is 28.3. The fraction of sp³-hybridized carbons (Fsp3) is 0.419. The number of rotatable bonds is 10. The van der Waals surface area contributed by atoms with Crippen molar-refractivity contribution in [3.63, 3.8) is 0 Å². The van der Waals surface area contributed by atoms with Crippen molar-refractivity contribution in [1.29, 1.82) is 0 Å². The topological polar surface area (TPSA) is 35.5 Å². The Labute approximate surface area is 227 Å². The predicted molar refractivity (Wildman–Crippen MR) is 156 cm³/mol. The first-order chi connectivity index (χ1) is 17.7. The van der Waals surface area contributed by atoms with Gasteiger partial charge in [-0.15, -0.1) is 0 Å². The Kier molecular flexibility index (Phi) is 9.21. The van der Waals surface area contributed by atoms with Gasteiger partial charge >= 0.3 is 0 Å². The van der Waals surface area contributed by atoms with E-state index in [1.165, 1.54) is 6.92 Å². The van der Waals surface area contributed by atoms with E-state index >= 15 is 0 Å². The summed E-state index contributed by atoms with van der Waals surface area (Å²) < 4.78 is 42.7. The van der Waals surface area contributed by atoms with Crippen LogP contribution in [-0.4, -0.2) is 35.1 Å². The molecule has 1 aliphatic carbocycles. The van der Waals surface area contributed by atoms with Crippen molar-refractivity contribution in [3.05, 3.63) is 95.7 Å². The highest BCUT2D eigenvalue weighted by atomic mass is 31.0. The smallest absolute Gasteiger partial charge is 0.248 e. The Morgan fingerprint density at radius 3 is 2.42 bits per heavy atom. The summed E-state index contributed by atoms with van der Waals surface area (Å²) in [6.45, 7) is 14.4. The van der Waals surface area contributed by atoms with E-state index in [4.69, 9.17) is 0 Å². The van der Waals surface area contributed by atoms with Crippen LogP contribution in [0.2, 0.25) is 0 Å². The van der Waals surface area contributed by atoms with E-state index < -0.39 is 23.0 Å². The maximum Gasteiger partial charge on any atom is 0.248 e. The van der Waals surface area contributed by atoms with Crippen molar-refractivity contribution in [1.82, 2.24) is 10.2 Å². The molecule has 0 aromatic heterocycles. The number of alkyl halides is 3. The fourth-order valence-electron chi connectivity index (χ4n) is 4.90. The van der Waals surface area contributed by atoms with E-state index in [1.54, 1.807) is 24.3 Å². The van der Waals surface area contributed by atoms with Gasteiger partial charge < -0.3 is 15.3 Å². The summed E-state index contributed by atoms with van der Waals surface area (Å²) in [4.78, 5) is 2.04. The number of nitrogens with one attached hydrogen (secondary N) is 1. The first-order valence-electron chi connectivity index (χ1n) is 13.0. The van der Waals surface area contributed by atoms with Crippen molar-refractivity contribution < 1.29 is 18.3 Å². The van der Waals surface area contributed by atoms with Crippen LogP contribution in [0.4, 0.5) is 13.2 Å². The SMILES string of the molecule is C=C/C(=C\N(C)CC)c1cccc(C(NC(=C)c2ccc(C(C)(F)P)cc2C)C2(O)CCC(F)(F)CC2)c1. The van der Waals surface area contributed by atoms with Gasteiger partial charge in [0.05, 0.1) is 11.6 Å². The monoisotopic (exact) mass is 544 g/mol. The molecule has 3 nitrogen and oxygen atoms in total. The molecule has 1 saturated carbocycles. The molecule has 0 saturated heterocycles. The molecule has 38 heavy (non-hydrogen) atoms. The molecular formula is C31H40F3N2OP. The van der Waals surface area contributed by atoms with Gasteiger partial charge in [-0.25, -0.2) is 13.2 Å². The Bertz CT molecular complexity index is 1190. The van der Waals surface area contributed by atoms with Crippen LogP contribution >= 0.6 is 9.24 Å². The van der Waals surface area contributed by atoms with Gasteiger partial charge in [0.2, 0.25) is 5.92 Å². The lowest BCUT2D eigenvalue weighted by molar-refractivity contribution is -0.115. The van der Waals surface area contributed by atoms with Crippen LogP contribution in [0, 0.1) is 6.92 Å². The molecule has 0 bridgehead atoms. The average Bonchev–Trinajstić information content (AvgIpc) is 2.86. The lowest BCUT2D eigenvalue weighted by Crippen LogP contribution is -2.48. The van der Waals surface area contributed by atoms with Gasteiger partial charge in [0.1, 0.15) is 5.41 Å². The van der Waals surface area contributed by atoms with Gasteiger partial charge in [-0.2, -0.15) is 0 Å². The number of nitrogens with zero attached hydrogens (tertiary/aromatic N) is 1. The largest absolute Gasteiger partial charge is 0.387 e. The third-order valence-electron chi connectivity index (χ3n) is 7.45. The zero-order valence-corrected chi connectivity index (χ0v) is 24.0. The highest BCUT2D eigenvalue weighted by Gasteiger charge is 2.47. The third kappa shape index (κ3) is 7.09. The summed E-state index contributed by atoms with van der Waals surface area (Å²) in [7, 11) is 4.17. The molecule has 2 aromatic carbocycles. The molecule has 0 spiro atoms. The number of aryl methyl sites for hydroxylation is 1. The van der Waals surface area contributed by atoms with E-state index in [9.17, 15) is 18.3 Å². The second-order valence-electron chi connectivity index (χ2n) is 10.6. The molecule has 0 heterocycles. The van der Waals surface area contributed by atoms with Crippen LogP contribution in [-0.2, 0) is 5.41 Å². The van der Waals surface area contributed by atoms with E-state index in [-0.39, 0.29) is 25.7 Å². The summed E-state index contributed by atoms with van der Waals surface area (Å²) in [5.74, 6) is -2.79. The first-order valence-corrected chi connectivity index (χ1v) is 13.6. The number of aliphatic hydroxyl groups is 1. The van der Waals surface area contributed by atoms with Crippen LogP contribution in [0.15, 0.2) is 67.9 Å². The molecule has 0 radical (unpaired) electrons. The first kappa shape index (κ1) is 30.0. The normalized spacial score (nSPS) is 19.2. The molecule has 3 unspecified atom stereocenters. The number of hydrogen-bond donors (Lipinski definition) is 2. The minimum Gasteiger partial charge on any atom is -0.387 e. The minimum atomic E-state index is -2.79. The van der Waals surface area contributed by atoms with Crippen LogP contribution in [0.3, 0.4) is 0 Å². The fourth-order valence-corrected chi connectivity index (χ4v) is 5.07. The molecular weight excluding hydrogens is 504 g/mol. The summed E-state index contributed by atoms with van der Waals surface area (Å²) in [5.41, 5.74) is 3.81. The highest BCUT2D eigenvalue weighted by Crippen LogP contribution is 2.45. The van der Waals surface area contributed by atoms with Gasteiger partial charge in [-0.1, -0.05) is 64.9 Å². The molecule has 3 rings (SSSR count). The lowest BCUT2D eigenvalue weighted by atomic mass is 9.75. The second kappa shape index (κ2) is 11.7. The summed E-state index contributed by atoms with van der Waals surface area (Å²) >= 11 is 0. The molecule has 2 N–H and O–H groups in total. The van der Waals surface area contributed by atoms with Gasteiger partial charge in [0, 0.05) is 38.3 Å². The van der Waals surface area contributed by atoms with Gasteiger partial charge in [0.15, 0.2) is 0 Å². The van der Waals surface area contributed by atoms with Crippen LogP contribution in [0.1, 0.15) is 73.4 Å². The molecule has 2 aromatic rings. The lowest BCUT2D eigenvalue weighted by Gasteiger charge is -2.43. The van der Waals surface area contributed by atoms with E-state index in [0.717, 1.165) is 34.4 Å². The second-order valence-corrected chi connectivity index (χ2v) is 11.7. The van der Waals surface area contributed by atoms with Crippen molar-refractivity contribution in [3.8, 4) is 0 Å². The van der Waals surface area contributed by atoms with Crippen molar-refractivity contribution in [2.75, 3.05) is 13.6 Å². The van der Waals surface area contributed by atoms with Gasteiger partial charge in [0.25, 0.3) is 0 Å². The maximum absolute atomic E-state index is 14.5. The zero-order valence-electron chi connectivity index (χ0n) is 22.8. The molecule has 1 fully saturated rings. The Balaban J connectivity index is 2.03. The van der Waals surface area contributed by atoms with Gasteiger partial charge in [-0.05, 0) is 73.1 Å². The quantitative estimate of drug-likeness (QED) is 0.237. The standard InChI is InChI=1S/C31H40F3N2OP/c1-7-23(20-36(6)8-2)24-10-9-11-25(19-24)28(30(37)14-16-31(33,34)17-15-30)35-22(4)27-13-12-26(18-21(27)3)29(5,32)38/h7,9-13,18-20,28,35,37H,1,4,8,14-17,38H2,2-3,5-6H3/b23-20+. The number of halogens is 3. The number of allylic oxidation sites excluding steroid dienone is 2. The Hall–Kier alpha value is -2.56. The van der Waals surface area contributed by atoms with Crippen LogP contribution in [0.5, 0.6) is 0 Å². The van der Waals surface area contributed by atoms with E-state index in [1.807, 2.05) is 49.3 Å². The average molecular weight is 545 g/mol. The molecule has 0 amide bonds. The maximum atomic E-state index is 14.5. The summed E-state index contributed by atoms with van der Waals surface area (Å²) in [5, 5.41) is 13.6. The van der Waals surface area contributed by atoms with Crippen molar-refractivity contribution in [2.24, 2.45) is 0 Å². The predicted octanol–water partition coefficient (Wildman–Crippen LogP) is 7.73. The molecule has 0 aliphatic heterocycles. The van der Waals surface area contributed by atoms with E-state index in [2.05, 4.69) is 34.6 Å². The molecule has 206 valence electrons. The Morgan fingerprint density at radius 1 is 1.21 bits per heavy atom.